The Hall–Kier alpha value is -0.498. The second-order valence-electron chi connectivity index (χ2n) is 4.92. The summed E-state index contributed by atoms with van der Waals surface area (Å²) in [6.07, 6.45) is 9.74. The summed E-state index contributed by atoms with van der Waals surface area (Å²) < 4.78 is 0. The molecule has 78 valence electrons. The van der Waals surface area contributed by atoms with Crippen LogP contribution in [0.2, 0.25) is 38.6 Å². The van der Waals surface area contributed by atoms with Crippen LogP contribution in [0.15, 0.2) is 37.1 Å². The fourth-order valence-electron chi connectivity index (χ4n) is 1.37. The van der Waals surface area contributed by atoms with Crippen molar-refractivity contribution >= 4 is 14.8 Å². The maximum atomic E-state index is 3.79. The first-order chi connectivity index (χ1) is 6.49. The van der Waals surface area contributed by atoms with E-state index < -0.39 is 8.07 Å². The summed E-state index contributed by atoms with van der Waals surface area (Å²) in [7, 11) is -1.00. The third kappa shape index (κ3) is 8.12. The summed E-state index contributed by atoms with van der Waals surface area (Å²) in [5.41, 5.74) is 2.42. The average Bonchev–Trinajstić information content (AvgIpc) is 2.02. The molecule has 0 saturated carbocycles. The van der Waals surface area contributed by atoms with Gasteiger partial charge in [-0.25, -0.2) is 0 Å². The Morgan fingerprint density at radius 1 is 1.00 bits per heavy atom. The molecule has 0 aliphatic heterocycles. The lowest BCUT2D eigenvalue weighted by Gasteiger charge is -2.10. The van der Waals surface area contributed by atoms with Gasteiger partial charge in [0.25, 0.3) is 0 Å². The Morgan fingerprint density at radius 2 is 1.50 bits per heavy atom. The molecule has 0 aromatic rings. The quantitative estimate of drug-likeness (QED) is 0.430. The zero-order valence-electron chi connectivity index (χ0n) is 9.92. The molecule has 0 nitrogen and oxygen atoms in total. The van der Waals surface area contributed by atoms with Gasteiger partial charge in [0.1, 0.15) is 0 Å². The van der Waals surface area contributed by atoms with Gasteiger partial charge in [0.2, 0.25) is 0 Å². The molecule has 0 amide bonds. The lowest BCUT2D eigenvalue weighted by atomic mass is 9.43. The third-order valence-corrected chi connectivity index (χ3v) is 3.32. The zero-order chi connectivity index (χ0) is 11.0. The van der Waals surface area contributed by atoms with E-state index in [2.05, 4.69) is 44.6 Å². The second-order valence-corrected chi connectivity index (χ2v) is 9.98. The molecule has 0 unspecified atom stereocenters. The van der Waals surface area contributed by atoms with Crippen molar-refractivity contribution < 1.29 is 0 Å². The van der Waals surface area contributed by atoms with E-state index in [0.717, 1.165) is 12.6 Å². The van der Waals surface area contributed by atoms with Crippen molar-refractivity contribution in [2.75, 3.05) is 0 Å². The molecule has 0 aliphatic carbocycles. The highest BCUT2D eigenvalue weighted by Crippen LogP contribution is 2.10. The highest BCUT2D eigenvalue weighted by atomic mass is 28.3. The Labute approximate surface area is 90.9 Å². The average molecular weight is 206 g/mol. The minimum atomic E-state index is -1.00. The van der Waals surface area contributed by atoms with Gasteiger partial charge < -0.3 is 0 Å². The first kappa shape index (κ1) is 13.5. The Balaban J connectivity index is 3.97. The standard InChI is InChI=1S/C12H23BSi/c1-6-9-13(10-7-2)11-8-12-14(3,4)5/h6-8,12H,1-2,9-11H2,3-5H3. The maximum absolute atomic E-state index is 3.79. The van der Waals surface area contributed by atoms with Gasteiger partial charge in [-0.2, -0.15) is 0 Å². The number of hydrogen-bond donors (Lipinski definition) is 0. The lowest BCUT2D eigenvalue weighted by molar-refractivity contribution is 1.44. The molecule has 0 aliphatic rings. The summed E-state index contributed by atoms with van der Waals surface area (Å²) in [4.78, 5) is 0. The van der Waals surface area contributed by atoms with Crippen LogP contribution < -0.4 is 0 Å². The molecule has 0 fully saturated rings. The van der Waals surface area contributed by atoms with Crippen molar-refractivity contribution in [1.29, 1.82) is 0 Å². The lowest BCUT2D eigenvalue weighted by Crippen LogP contribution is -2.16. The predicted molar refractivity (Wildman–Crippen MR) is 73.1 cm³/mol. The van der Waals surface area contributed by atoms with E-state index in [1.54, 1.807) is 0 Å². The number of allylic oxidation sites excluding steroid dienone is 3. The zero-order valence-corrected chi connectivity index (χ0v) is 10.9. The molecule has 2 heteroatoms. The van der Waals surface area contributed by atoms with E-state index in [1.807, 2.05) is 12.2 Å². The topological polar surface area (TPSA) is 0 Å². The van der Waals surface area contributed by atoms with Gasteiger partial charge in [0, 0.05) is 0 Å². The van der Waals surface area contributed by atoms with Crippen LogP contribution in [-0.2, 0) is 0 Å². The molecular formula is C12H23BSi. The summed E-state index contributed by atoms with van der Waals surface area (Å²) in [6.45, 7) is 15.4. The summed E-state index contributed by atoms with van der Waals surface area (Å²) >= 11 is 0. The molecule has 0 radical (unpaired) electrons. The van der Waals surface area contributed by atoms with Gasteiger partial charge in [0.15, 0.2) is 6.71 Å². The molecule has 0 saturated heterocycles. The van der Waals surface area contributed by atoms with E-state index in [4.69, 9.17) is 0 Å². The fourth-order valence-corrected chi connectivity index (χ4v) is 2.22. The number of rotatable bonds is 7. The van der Waals surface area contributed by atoms with Crippen LogP contribution in [0.1, 0.15) is 0 Å². The minimum absolute atomic E-state index is 0.706. The molecule has 0 rings (SSSR count). The Kier molecular flexibility index (Phi) is 6.64. The smallest absolute Gasteiger partial charge is 0.104 e. The van der Waals surface area contributed by atoms with Crippen LogP contribution in [0, 0.1) is 0 Å². The van der Waals surface area contributed by atoms with Gasteiger partial charge in [-0.1, -0.05) is 62.5 Å². The molecule has 0 heterocycles. The largest absolute Gasteiger partial charge is 0.151 e. The van der Waals surface area contributed by atoms with E-state index in [0.29, 0.717) is 6.71 Å². The molecule has 0 atom stereocenters. The SMILES string of the molecule is C=CCB(CC=C)CC=C[Si](C)(C)C. The first-order valence-electron chi connectivity index (χ1n) is 5.39. The molecular weight excluding hydrogens is 183 g/mol. The third-order valence-electron chi connectivity index (χ3n) is 2.09. The van der Waals surface area contributed by atoms with Gasteiger partial charge in [0.05, 0.1) is 8.07 Å². The number of hydrogen-bond acceptors (Lipinski definition) is 0. The second kappa shape index (κ2) is 6.88. The van der Waals surface area contributed by atoms with Crippen LogP contribution in [0.4, 0.5) is 0 Å². The van der Waals surface area contributed by atoms with Crippen molar-refractivity contribution in [3.05, 3.63) is 37.1 Å². The Morgan fingerprint density at radius 3 is 1.86 bits per heavy atom. The molecule has 0 aromatic carbocycles. The van der Waals surface area contributed by atoms with Crippen LogP contribution in [0.25, 0.3) is 0 Å². The van der Waals surface area contributed by atoms with Gasteiger partial charge in [-0.3, -0.25) is 0 Å². The fraction of sp³-hybridized carbons (Fsp3) is 0.500. The van der Waals surface area contributed by atoms with Crippen LogP contribution in [-0.4, -0.2) is 14.8 Å². The monoisotopic (exact) mass is 206 g/mol. The molecule has 14 heavy (non-hydrogen) atoms. The summed E-state index contributed by atoms with van der Waals surface area (Å²) in [5, 5.41) is 0. The highest BCUT2D eigenvalue weighted by molar-refractivity contribution is 6.81. The van der Waals surface area contributed by atoms with E-state index in [9.17, 15) is 0 Å². The maximum Gasteiger partial charge on any atom is 0.151 e. The van der Waals surface area contributed by atoms with Crippen LogP contribution in [0.5, 0.6) is 0 Å². The normalized spacial score (nSPS) is 11.6. The van der Waals surface area contributed by atoms with E-state index in [1.165, 1.54) is 6.32 Å². The van der Waals surface area contributed by atoms with Crippen molar-refractivity contribution in [1.82, 2.24) is 0 Å². The van der Waals surface area contributed by atoms with Crippen molar-refractivity contribution in [2.45, 2.75) is 38.6 Å². The van der Waals surface area contributed by atoms with Gasteiger partial charge >= 0.3 is 0 Å². The van der Waals surface area contributed by atoms with Crippen LogP contribution in [0.3, 0.4) is 0 Å². The van der Waals surface area contributed by atoms with E-state index >= 15 is 0 Å². The van der Waals surface area contributed by atoms with E-state index in [-0.39, 0.29) is 0 Å². The van der Waals surface area contributed by atoms with Crippen molar-refractivity contribution in [2.24, 2.45) is 0 Å². The molecule has 0 N–H and O–H groups in total. The first-order valence-corrected chi connectivity index (χ1v) is 8.97. The van der Waals surface area contributed by atoms with Gasteiger partial charge in [-0.05, 0) is 0 Å². The van der Waals surface area contributed by atoms with Crippen molar-refractivity contribution in [3.63, 3.8) is 0 Å². The predicted octanol–water partition coefficient (Wildman–Crippen LogP) is 4.29. The minimum Gasteiger partial charge on any atom is -0.104 e. The van der Waals surface area contributed by atoms with Gasteiger partial charge in [-0.15, -0.1) is 13.2 Å². The molecule has 0 aromatic heterocycles. The highest BCUT2D eigenvalue weighted by Gasteiger charge is 2.10. The molecule has 0 spiro atoms. The molecule has 0 bridgehead atoms. The summed E-state index contributed by atoms with van der Waals surface area (Å²) in [5.74, 6) is 0. The Bertz CT molecular complexity index is 191. The summed E-state index contributed by atoms with van der Waals surface area (Å²) in [6, 6.07) is 0. The van der Waals surface area contributed by atoms with Crippen LogP contribution >= 0.6 is 0 Å². The van der Waals surface area contributed by atoms with Crippen molar-refractivity contribution in [3.8, 4) is 0 Å².